The highest BCUT2D eigenvalue weighted by molar-refractivity contribution is 6.31. The second-order valence-corrected chi connectivity index (χ2v) is 5.28. The van der Waals surface area contributed by atoms with E-state index in [9.17, 15) is 0 Å². The Morgan fingerprint density at radius 1 is 1.53 bits per heavy atom. The van der Waals surface area contributed by atoms with Crippen molar-refractivity contribution in [2.75, 3.05) is 19.7 Å². The molecule has 0 spiro atoms. The summed E-state index contributed by atoms with van der Waals surface area (Å²) in [6, 6.07) is 7.62. The largest absolute Gasteiger partial charge is 0.377 e. The first-order chi connectivity index (χ1) is 9.22. The zero-order valence-electron chi connectivity index (χ0n) is 11.2. The molecule has 102 valence electrons. The summed E-state index contributed by atoms with van der Waals surface area (Å²) < 4.78 is 5.70. The molecular formula is C15H19ClN2O. The van der Waals surface area contributed by atoms with Gasteiger partial charge in [-0.1, -0.05) is 17.7 Å². The zero-order chi connectivity index (χ0) is 13.7. The second kappa shape index (κ2) is 6.91. The molecule has 3 nitrogen and oxygen atoms in total. The van der Waals surface area contributed by atoms with Crippen LogP contribution in [-0.2, 0) is 11.3 Å². The van der Waals surface area contributed by atoms with Gasteiger partial charge in [-0.25, -0.2) is 0 Å². The zero-order valence-corrected chi connectivity index (χ0v) is 12.0. The molecule has 1 heterocycles. The van der Waals surface area contributed by atoms with Gasteiger partial charge < -0.3 is 4.74 Å². The molecule has 19 heavy (non-hydrogen) atoms. The molecule has 1 fully saturated rings. The van der Waals surface area contributed by atoms with E-state index in [4.69, 9.17) is 21.6 Å². The van der Waals surface area contributed by atoms with Crippen molar-refractivity contribution >= 4 is 11.6 Å². The molecule has 0 radical (unpaired) electrons. The van der Waals surface area contributed by atoms with Gasteiger partial charge in [-0.15, -0.1) is 0 Å². The fraction of sp³-hybridized carbons (Fsp3) is 0.533. The summed E-state index contributed by atoms with van der Waals surface area (Å²) in [6.45, 7) is 5.69. The van der Waals surface area contributed by atoms with Crippen molar-refractivity contribution in [1.29, 1.82) is 5.26 Å². The van der Waals surface area contributed by atoms with Crippen molar-refractivity contribution in [1.82, 2.24) is 4.90 Å². The summed E-state index contributed by atoms with van der Waals surface area (Å²) in [5, 5.41) is 9.51. The van der Waals surface area contributed by atoms with E-state index >= 15 is 0 Å². The van der Waals surface area contributed by atoms with Crippen LogP contribution in [0.1, 0.15) is 30.9 Å². The number of benzene rings is 1. The van der Waals surface area contributed by atoms with Crippen LogP contribution in [0, 0.1) is 11.3 Å². The van der Waals surface area contributed by atoms with Gasteiger partial charge in [0.2, 0.25) is 0 Å². The van der Waals surface area contributed by atoms with Crippen molar-refractivity contribution in [2.24, 2.45) is 0 Å². The normalized spacial score (nSPS) is 20.2. The lowest BCUT2D eigenvalue weighted by Gasteiger charge is -2.32. The third-order valence-electron chi connectivity index (χ3n) is 3.44. The van der Waals surface area contributed by atoms with E-state index in [0.29, 0.717) is 16.7 Å². The van der Waals surface area contributed by atoms with E-state index in [0.717, 1.165) is 38.2 Å². The average molecular weight is 279 g/mol. The molecule has 0 aromatic heterocycles. The quantitative estimate of drug-likeness (QED) is 0.848. The summed E-state index contributed by atoms with van der Waals surface area (Å²) in [5.74, 6) is 0. The molecule has 0 bridgehead atoms. The van der Waals surface area contributed by atoms with Crippen molar-refractivity contribution in [3.63, 3.8) is 0 Å². The van der Waals surface area contributed by atoms with E-state index < -0.39 is 0 Å². The van der Waals surface area contributed by atoms with Gasteiger partial charge in [0.15, 0.2) is 0 Å². The Labute approximate surface area is 119 Å². The molecule has 0 aliphatic carbocycles. The first-order valence-electron chi connectivity index (χ1n) is 6.75. The monoisotopic (exact) mass is 278 g/mol. The number of hydrogen-bond acceptors (Lipinski definition) is 3. The lowest BCUT2D eigenvalue weighted by molar-refractivity contribution is 0.00364. The maximum atomic E-state index is 8.83. The van der Waals surface area contributed by atoms with Gasteiger partial charge in [-0.05, 0) is 44.0 Å². The van der Waals surface area contributed by atoms with Crippen LogP contribution >= 0.6 is 11.6 Å². The minimum absolute atomic E-state index is 0.343. The van der Waals surface area contributed by atoms with Gasteiger partial charge in [0.25, 0.3) is 0 Å². The molecule has 1 aromatic rings. The fourth-order valence-corrected chi connectivity index (χ4v) is 2.75. The van der Waals surface area contributed by atoms with Crippen LogP contribution in [0.2, 0.25) is 5.02 Å². The lowest BCUT2D eigenvalue weighted by atomic mass is 10.1. The van der Waals surface area contributed by atoms with Gasteiger partial charge in [0.05, 0.1) is 17.7 Å². The van der Waals surface area contributed by atoms with Crippen molar-refractivity contribution in [2.45, 2.75) is 32.4 Å². The maximum absolute atomic E-state index is 8.83. The van der Waals surface area contributed by atoms with E-state index in [1.807, 2.05) is 19.1 Å². The van der Waals surface area contributed by atoms with Gasteiger partial charge in [0, 0.05) is 24.7 Å². The van der Waals surface area contributed by atoms with Crippen molar-refractivity contribution in [3.05, 3.63) is 34.3 Å². The molecule has 1 aliphatic heterocycles. The number of halogens is 1. The van der Waals surface area contributed by atoms with Gasteiger partial charge >= 0.3 is 0 Å². The van der Waals surface area contributed by atoms with Crippen LogP contribution in [0.4, 0.5) is 0 Å². The molecule has 0 amide bonds. The first-order valence-corrected chi connectivity index (χ1v) is 7.13. The van der Waals surface area contributed by atoms with E-state index in [-0.39, 0.29) is 0 Å². The Kier molecular flexibility index (Phi) is 5.21. The van der Waals surface area contributed by atoms with Crippen LogP contribution < -0.4 is 0 Å². The number of hydrogen-bond donors (Lipinski definition) is 0. The van der Waals surface area contributed by atoms with E-state index in [2.05, 4.69) is 11.0 Å². The van der Waals surface area contributed by atoms with Crippen LogP contribution in [0.15, 0.2) is 18.2 Å². The SMILES string of the molecule is CCOC1CCCN(Cc2ccc(C#N)cc2Cl)C1. The molecule has 1 aromatic carbocycles. The maximum Gasteiger partial charge on any atom is 0.0992 e. The highest BCUT2D eigenvalue weighted by Crippen LogP contribution is 2.22. The Morgan fingerprint density at radius 3 is 3.05 bits per heavy atom. The Balaban J connectivity index is 1.99. The van der Waals surface area contributed by atoms with Gasteiger partial charge in [-0.3, -0.25) is 4.90 Å². The van der Waals surface area contributed by atoms with Crippen LogP contribution in [0.5, 0.6) is 0 Å². The minimum atomic E-state index is 0.343. The summed E-state index contributed by atoms with van der Waals surface area (Å²) in [4.78, 5) is 2.37. The van der Waals surface area contributed by atoms with Crippen LogP contribution in [-0.4, -0.2) is 30.7 Å². The number of ether oxygens (including phenoxy) is 1. The molecule has 4 heteroatoms. The second-order valence-electron chi connectivity index (χ2n) is 4.87. The molecule has 1 saturated heterocycles. The number of piperidine rings is 1. The number of nitrogens with zero attached hydrogens (tertiary/aromatic N) is 2. The fourth-order valence-electron chi connectivity index (χ4n) is 2.51. The lowest BCUT2D eigenvalue weighted by Crippen LogP contribution is -2.39. The number of nitriles is 1. The summed E-state index contributed by atoms with van der Waals surface area (Å²) in [7, 11) is 0. The molecule has 0 saturated carbocycles. The topological polar surface area (TPSA) is 36.3 Å². The van der Waals surface area contributed by atoms with Crippen LogP contribution in [0.25, 0.3) is 0 Å². The van der Waals surface area contributed by atoms with E-state index in [1.165, 1.54) is 6.42 Å². The smallest absolute Gasteiger partial charge is 0.0992 e. The molecular weight excluding hydrogens is 260 g/mol. The predicted molar refractivity (Wildman–Crippen MR) is 76.1 cm³/mol. The summed E-state index contributed by atoms with van der Waals surface area (Å²) >= 11 is 6.22. The minimum Gasteiger partial charge on any atom is -0.377 e. The first kappa shape index (κ1) is 14.3. The highest BCUT2D eigenvalue weighted by Gasteiger charge is 2.20. The Bertz CT molecular complexity index is 468. The molecule has 1 unspecified atom stereocenters. The van der Waals surface area contributed by atoms with Crippen LogP contribution in [0.3, 0.4) is 0 Å². The number of rotatable bonds is 4. The third-order valence-corrected chi connectivity index (χ3v) is 3.79. The van der Waals surface area contributed by atoms with Crippen molar-refractivity contribution < 1.29 is 4.74 Å². The van der Waals surface area contributed by atoms with Crippen molar-refractivity contribution in [3.8, 4) is 6.07 Å². The Morgan fingerprint density at radius 2 is 2.37 bits per heavy atom. The summed E-state index contributed by atoms with van der Waals surface area (Å²) in [6.07, 6.45) is 2.65. The third kappa shape index (κ3) is 3.94. The molecule has 1 atom stereocenters. The number of likely N-dealkylation sites (tertiary alicyclic amines) is 1. The van der Waals surface area contributed by atoms with Gasteiger partial charge in [0.1, 0.15) is 0 Å². The average Bonchev–Trinajstić information content (AvgIpc) is 2.42. The molecule has 0 N–H and O–H groups in total. The Hall–Kier alpha value is -1.08. The summed E-state index contributed by atoms with van der Waals surface area (Å²) in [5.41, 5.74) is 1.69. The van der Waals surface area contributed by atoms with E-state index in [1.54, 1.807) is 6.07 Å². The molecule has 1 aliphatic rings. The predicted octanol–water partition coefficient (Wildman–Crippen LogP) is 3.21. The van der Waals surface area contributed by atoms with Gasteiger partial charge in [-0.2, -0.15) is 5.26 Å². The highest BCUT2D eigenvalue weighted by atomic mass is 35.5. The standard InChI is InChI=1S/C15H19ClN2O/c1-2-19-14-4-3-7-18(11-14)10-13-6-5-12(9-17)8-15(13)16/h5-6,8,14H,2-4,7,10-11H2,1H3. The molecule has 2 rings (SSSR count).